The number of ether oxygens (including phenoxy) is 1. The Hall–Kier alpha value is -3.46. The number of alkyl carbamates (subject to hydrolysis) is 1. The minimum atomic E-state index is -3.48. The van der Waals surface area contributed by atoms with Crippen LogP contribution in [0.15, 0.2) is 29.6 Å². The highest BCUT2D eigenvalue weighted by atomic mass is 32.2. The molecule has 1 amide bonds. The van der Waals surface area contributed by atoms with E-state index in [2.05, 4.69) is 37.0 Å². The molecule has 40 heavy (non-hydrogen) atoms. The Balaban J connectivity index is 1.26. The second-order valence-corrected chi connectivity index (χ2v) is 14.6. The van der Waals surface area contributed by atoms with Crippen LogP contribution in [0.3, 0.4) is 0 Å². The maximum atomic E-state index is 12.5. The predicted molar refractivity (Wildman–Crippen MR) is 149 cm³/mol. The minimum Gasteiger partial charge on any atom is -0.444 e. The van der Waals surface area contributed by atoms with Crippen molar-refractivity contribution < 1.29 is 17.9 Å². The van der Waals surface area contributed by atoms with E-state index in [0.717, 1.165) is 38.4 Å². The van der Waals surface area contributed by atoms with Crippen LogP contribution >= 0.6 is 0 Å². The van der Waals surface area contributed by atoms with E-state index >= 15 is 0 Å². The first kappa shape index (κ1) is 28.1. The van der Waals surface area contributed by atoms with E-state index < -0.39 is 15.4 Å². The molecule has 5 atom stereocenters. The number of carbonyl (C=O) groups excluding carboxylic acids is 1. The van der Waals surface area contributed by atoms with E-state index in [1.807, 2.05) is 20.8 Å². The SMILES string of the molecule is CC(C)(C)OC(=O)NC1[C@@H]2CC3C[C@H]1CC(CNc1nc(NCc4cccnc4S(C)(=O)=O)ncc1C#N)(C3)C2. The topological polar surface area (TPSA) is 159 Å². The molecular formula is C28H37N7O4S. The lowest BCUT2D eigenvalue weighted by molar-refractivity contribution is -0.0703. The van der Waals surface area contributed by atoms with Gasteiger partial charge in [-0.05, 0) is 82.1 Å². The number of rotatable bonds is 8. The van der Waals surface area contributed by atoms with Crippen LogP contribution in [0.25, 0.3) is 0 Å². The summed E-state index contributed by atoms with van der Waals surface area (Å²) >= 11 is 0. The summed E-state index contributed by atoms with van der Waals surface area (Å²) in [5, 5.41) is 19.4. The summed E-state index contributed by atoms with van der Waals surface area (Å²) in [5.41, 5.74) is 0.404. The highest BCUT2D eigenvalue weighted by Crippen LogP contribution is 2.60. The smallest absolute Gasteiger partial charge is 0.407 e. The highest BCUT2D eigenvalue weighted by molar-refractivity contribution is 7.90. The van der Waals surface area contributed by atoms with Gasteiger partial charge < -0.3 is 20.7 Å². The number of anilines is 2. The Morgan fingerprint density at radius 2 is 1.90 bits per heavy atom. The van der Waals surface area contributed by atoms with Gasteiger partial charge in [0.1, 0.15) is 23.1 Å². The molecule has 2 aromatic heterocycles. The minimum absolute atomic E-state index is 0.00997. The van der Waals surface area contributed by atoms with Gasteiger partial charge in [0.2, 0.25) is 5.95 Å². The number of nitrogens with one attached hydrogen (secondary N) is 3. The lowest BCUT2D eigenvalue weighted by Crippen LogP contribution is -2.60. The third kappa shape index (κ3) is 6.14. The average Bonchev–Trinajstić information content (AvgIpc) is 2.86. The lowest BCUT2D eigenvalue weighted by Gasteiger charge is -2.60. The van der Waals surface area contributed by atoms with Crippen LogP contribution < -0.4 is 16.0 Å². The molecule has 4 bridgehead atoms. The van der Waals surface area contributed by atoms with Crippen molar-refractivity contribution >= 4 is 27.7 Å². The Morgan fingerprint density at radius 3 is 2.55 bits per heavy atom. The average molecular weight is 568 g/mol. The zero-order valence-electron chi connectivity index (χ0n) is 23.4. The summed E-state index contributed by atoms with van der Waals surface area (Å²) in [6.45, 7) is 6.47. The number of hydrogen-bond acceptors (Lipinski definition) is 10. The van der Waals surface area contributed by atoms with Crippen molar-refractivity contribution in [3.63, 3.8) is 0 Å². The van der Waals surface area contributed by atoms with E-state index in [0.29, 0.717) is 41.2 Å². The second kappa shape index (κ2) is 10.5. The van der Waals surface area contributed by atoms with Crippen molar-refractivity contribution in [1.82, 2.24) is 20.3 Å². The monoisotopic (exact) mass is 567 g/mol. The molecule has 0 spiro atoms. The lowest BCUT2D eigenvalue weighted by atomic mass is 9.48. The fourth-order valence-electron chi connectivity index (χ4n) is 7.11. The van der Waals surface area contributed by atoms with Gasteiger partial charge in [-0.1, -0.05) is 6.07 Å². The molecular weight excluding hydrogens is 530 g/mol. The Kier molecular flexibility index (Phi) is 7.37. The summed E-state index contributed by atoms with van der Waals surface area (Å²) in [5.74, 6) is 2.19. The van der Waals surface area contributed by atoms with Crippen LogP contribution in [0.2, 0.25) is 0 Å². The van der Waals surface area contributed by atoms with Gasteiger partial charge in [-0.3, -0.25) is 0 Å². The molecule has 0 aromatic carbocycles. The molecule has 6 rings (SSSR count). The van der Waals surface area contributed by atoms with Crippen LogP contribution in [-0.4, -0.2) is 53.9 Å². The van der Waals surface area contributed by atoms with E-state index in [-0.39, 0.29) is 35.1 Å². The molecule has 4 fully saturated rings. The van der Waals surface area contributed by atoms with Crippen LogP contribution in [-0.2, 0) is 21.1 Å². The molecule has 0 aliphatic heterocycles. The van der Waals surface area contributed by atoms with Crippen molar-refractivity contribution in [1.29, 1.82) is 5.26 Å². The molecule has 4 saturated carbocycles. The molecule has 3 unspecified atom stereocenters. The van der Waals surface area contributed by atoms with Gasteiger partial charge in [-0.2, -0.15) is 10.2 Å². The van der Waals surface area contributed by atoms with Crippen molar-refractivity contribution in [2.45, 2.75) is 76.1 Å². The molecule has 4 aliphatic carbocycles. The number of amides is 1. The molecule has 12 heteroatoms. The fourth-order valence-corrected chi connectivity index (χ4v) is 7.98. The number of sulfone groups is 1. The number of nitrogens with zero attached hydrogens (tertiary/aromatic N) is 4. The highest BCUT2D eigenvalue weighted by Gasteiger charge is 2.55. The van der Waals surface area contributed by atoms with Crippen LogP contribution in [0.4, 0.5) is 16.6 Å². The first-order chi connectivity index (χ1) is 18.8. The van der Waals surface area contributed by atoms with Gasteiger partial charge >= 0.3 is 6.09 Å². The van der Waals surface area contributed by atoms with Crippen molar-refractivity contribution in [2.75, 3.05) is 23.4 Å². The molecule has 214 valence electrons. The quantitative estimate of drug-likeness (QED) is 0.427. The summed E-state index contributed by atoms with van der Waals surface area (Å²) in [6, 6.07) is 5.67. The zero-order chi connectivity index (χ0) is 28.7. The van der Waals surface area contributed by atoms with Crippen molar-refractivity contribution in [3.8, 4) is 6.07 Å². The third-order valence-electron chi connectivity index (χ3n) is 8.26. The number of carbonyl (C=O) groups is 1. The molecule has 2 heterocycles. The van der Waals surface area contributed by atoms with Crippen LogP contribution in [0.5, 0.6) is 0 Å². The second-order valence-electron chi connectivity index (χ2n) is 12.7. The van der Waals surface area contributed by atoms with E-state index in [1.165, 1.54) is 12.4 Å². The maximum Gasteiger partial charge on any atom is 0.407 e. The third-order valence-corrected chi connectivity index (χ3v) is 9.33. The van der Waals surface area contributed by atoms with Gasteiger partial charge in [-0.15, -0.1) is 0 Å². The van der Waals surface area contributed by atoms with Crippen LogP contribution in [0, 0.1) is 34.5 Å². The Labute approximate surface area is 235 Å². The summed E-state index contributed by atoms with van der Waals surface area (Å²) in [7, 11) is -3.48. The van der Waals surface area contributed by atoms with Gasteiger partial charge in [0.05, 0.1) is 6.20 Å². The number of hydrogen-bond donors (Lipinski definition) is 3. The molecule has 3 N–H and O–H groups in total. The molecule has 4 aliphatic rings. The predicted octanol–water partition coefficient (Wildman–Crippen LogP) is 3.89. The molecule has 11 nitrogen and oxygen atoms in total. The van der Waals surface area contributed by atoms with Crippen molar-refractivity contribution in [3.05, 3.63) is 35.7 Å². The first-order valence-corrected chi connectivity index (χ1v) is 15.6. The number of aromatic nitrogens is 3. The van der Waals surface area contributed by atoms with E-state index in [4.69, 9.17) is 4.74 Å². The maximum absolute atomic E-state index is 12.5. The largest absolute Gasteiger partial charge is 0.444 e. The van der Waals surface area contributed by atoms with Gasteiger partial charge in [0, 0.05) is 37.1 Å². The van der Waals surface area contributed by atoms with Crippen LogP contribution in [0.1, 0.15) is 64.0 Å². The Morgan fingerprint density at radius 1 is 1.18 bits per heavy atom. The standard InChI is InChI=1S/C28H37N7O4S/c1-27(2,3)39-26(36)34-22-19-8-17-9-20(22)12-28(10-17,11-19)16-33-23-21(13-29)15-32-25(35-23)31-14-18-6-5-7-30-24(18)40(4,37)38/h5-7,15,17,19-20,22H,8-12,14,16H2,1-4H3,(H,34,36)(H2,31,32,33,35)/t17?,19-,20+,22?,28?. The molecule has 0 saturated heterocycles. The Bertz CT molecular complexity index is 1420. The number of pyridine rings is 1. The summed E-state index contributed by atoms with van der Waals surface area (Å²) in [6.07, 6.45) is 9.06. The van der Waals surface area contributed by atoms with E-state index in [1.54, 1.807) is 12.1 Å². The normalized spacial score (nSPS) is 27.1. The fraction of sp³-hybridized carbons (Fsp3) is 0.607. The molecule has 0 radical (unpaired) electrons. The summed E-state index contributed by atoms with van der Waals surface area (Å²) < 4.78 is 29.7. The molecule has 2 aromatic rings. The van der Waals surface area contributed by atoms with Crippen molar-refractivity contribution in [2.24, 2.45) is 23.2 Å². The first-order valence-electron chi connectivity index (χ1n) is 13.7. The van der Waals surface area contributed by atoms with E-state index in [9.17, 15) is 18.5 Å². The zero-order valence-corrected chi connectivity index (χ0v) is 24.2. The van der Waals surface area contributed by atoms with Gasteiger partial charge in [0.25, 0.3) is 0 Å². The van der Waals surface area contributed by atoms with Gasteiger partial charge in [-0.25, -0.2) is 23.2 Å². The summed E-state index contributed by atoms with van der Waals surface area (Å²) in [4.78, 5) is 25.3. The number of nitriles is 1. The van der Waals surface area contributed by atoms with Gasteiger partial charge in [0.15, 0.2) is 14.9 Å².